The number of nitrogens with one attached hydrogen (secondary N) is 1. The first-order chi connectivity index (χ1) is 8.06. The fourth-order valence-corrected chi connectivity index (χ4v) is 1.66. The number of hydrogen-bond donors (Lipinski definition) is 2. The molecule has 1 aromatic carbocycles. The summed E-state index contributed by atoms with van der Waals surface area (Å²) >= 11 is 0. The van der Waals surface area contributed by atoms with Gasteiger partial charge in [-0.3, -0.25) is 4.79 Å². The number of hydrogen-bond acceptors (Lipinski definition) is 2. The van der Waals surface area contributed by atoms with Crippen LogP contribution in [0.3, 0.4) is 0 Å². The molecule has 1 heterocycles. The van der Waals surface area contributed by atoms with Crippen LogP contribution in [0.5, 0.6) is 0 Å². The number of carboxylic acids is 1. The Morgan fingerprint density at radius 3 is 2.53 bits per heavy atom. The van der Waals surface area contributed by atoms with Crippen LogP contribution < -0.4 is 0 Å². The Morgan fingerprint density at radius 2 is 1.94 bits per heavy atom. The minimum Gasteiger partial charge on any atom is -0.481 e. The van der Waals surface area contributed by atoms with Crippen LogP contribution in [0.1, 0.15) is 17.0 Å². The van der Waals surface area contributed by atoms with Crippen molar-refractivity contribution in [2.24, 2.45) is 0 Å². The first-order valence-corrected chi connectivity index (χ1v) is 5.40. The number of aromatic nitrogens is 2. The standard InChI is InChI=1S/C13H14N2O2/c1-8-3-5-10(6-4-8)13-14-9(2)11(15-13)7-12(16)17/h3-6H,7H2,1-2H3,(H,14,15)(H,16,17). The molecule has 1 aromatic heterocycles. The smallest absolute Gasteiger partial charge is 0.309 e. The fourth-order valence-electron chi connectivity index (χ4n) is 1.66. The zero-order valence-corrected chi connectivity index (χ0v) is 9.82. The van der Waals surface area contributed by atoms with Crippen LogP contribution in [0, 0.1) is 13.8 Å². The highest BCUT2D eigenvalue weighted by molar-refractivity contribution is 5.70. The molecule has 0 saturated heterocycles. The molecule has 0 fully saturated rings. The Morgan fingerprint density at radius 1 is 1.29 bits per heavy atom. The average molecular weight is 230 g/mol. The maximum absolute atomic E-state index is 10.7. The highest BCUT2D eigenvalue weighted by Gasteiger charge is 2.11. The number of aryl methyl sites for hydroxylation is 2. The molecule has 2 rings (SSSR count). The van der Waals surface area contributed by atoms with E-state index in [2.05, 4.69) is 9.97 Å². The molecule has 0 aliphatic rings. The van der Waals surface area contributed by atoms with Crippen molar-refractivity contribution in [3.05, 3.63) is 41.2 Å². The topological polar surface area (TPSA) is 66.0 Å². The summed E-state index contributed by atoms with van der Waals surface area (Å²) in [7, 11) is 0. The Balaban J connectivity index is 2.34. The van der Waals surface area contributed by atoms with Crippen LogP contribution in [-0.2, 0) is 11.2 Å². The number of aromatic amines is 1. The second-order valence-electron chi connectivity index (χ2n) is 4.09. The van der Waals surface area contributed by atoms with Crippen molar-refractivity contribution >= 4 is 5.97 Å². The molecule has 0 radical (unpaired) electrons. The zero-order valence-electron chi connectivity index (χ0n) is 9.82. The molecule has 0 atom stereocenters. The molecule has 2 aromatic rings. The van der Waals surface area contributed by atoms with Crippen molar-refractivity contribution in [1.82, 2.24) is 9.97 Å². The molecule has 88 valence electrons. The predicted octanol–water partition coefficient (Wildman–Crippen LogP) is 2.32. The van der Waals surface area contributed by atoms with E-state index in [0.29, 0.717) is 5.69 Å². The van der Waals surface area contributed by atoms with Gasteiger partial charge < -0.3 is 10.1 Å². The van der Waals surface area contributed by atoms with E-state index in [1.165, 1.54) is 5.56 Å². The van der Waals surface area contributed by atoms with Crippen LogP contribution in [0.15, 0.2) is 24.3 Å². The normalized spacial score (nSPS) is 10.5. The average Bonchev–Trinajstić information content (AvgIpc) is 2.60. The van der Waals surface area contributed by atoms with Crippen molar-refractivity contribution in [3.63, 3.8) is 0 Å². The molecule has 0 spiro atoms. The molecule has 0 aliphatic heterocycles. The Labute approximate surface area is 99.3 Å². The van der Waals surface area contributed by atoms with Gasteiger partial charge in [-0.25, -0.2) is 4.98 Å². The van der Waals surface area contributed by atoms with E-state index < -0.39 is 5.97 Å². The van der Waals surface area contributed by atoms with Gasteiger partial charge in [0, 0.05) is 11.3 Å². The Hall–Kier alpha value is -2.10. The van der Waals surface area contributed by atoms with E-state index in [1.807, 2.05) is 38.1 Å². The summed E-state index contributed by atoms with van der Waals surface area (Å²) in [4.78, 5) is 18.1. The number of aliphatic carboxylic acids is 1. The van der Waals surface area contributed by atoms with Crippen molar-refractivity contribution in [1.29, 1.82) is 0 Å². The molecular formula is C13H14N2O2. The first kappa shape index (κ1) is 11.4. The minimum absolute atomic E-state index is 0.0474. The van der Waals surface area contributed by atoms with Gasteiger partial charge in [-0.1, -0.05) is 29.8 Å². The molecular weight excluding hydrogens is 216 g/mol. The van der Waals surface area contributed by atoms with Gasteiger partial charge in [-0.05, 0) is 13.8 Å². The van der Waals surface area contributed by atoms with E-state index in [4.69, 9.17) is 5.11 Å². The van der Waals surface area contributed by atoms with Crippen LogP contribution in [0.25, 0.3) is 11.4 Å². The van der Waals surface area contributed by atoms with Crippen LogP contribution in [0.2, 0.25) is 0 Å². The van der Waals surface area contributed by atoms with E-state index >= 15 is 0 Å². The Bertz CT molecular complexity index is 541. The molecule has 0 saturated carbocycles. The zero-order chi connectivity index (χ0) is 12.4. The number of carbonyl (C=O) groups is 1. The molecule has 0 aliphatic carbocycles. The van der Waals surface area contributed by atoms with Gasteiger partial charge in [-0.2, -0.15) is 0 Å². The summed E-state index contributed by atoms with van der Waals surface area (Å²) in [5.41, 5.74) is 3.55. The van der Waals surface area contributed by atoms with Gasteiger partial charge in [0.25, 0.3) is 0 Å². The van der Waals surface area contributed by atoms with Gasteiger partial charge in [0.15, 0.2) is 0 Å². The molecule has 4 nitrogen and oxygen atoms in total. The number of nitrogens with zero attached hydrogens (tertiary/aromatic N) is 1. The van der Waals surface area contributed by atoms with Crippen molar-refractivity contribution in [2.45, 2.75) is 20.3 Å². The maximum atomic E-state index is 10.7. The number of rotatable bonds is 3. The van der Waals surface area contributed by atoms with Gasteiger partial charge in [-0.15, -0.1) is 0 Å². The van der Waals surface area contributed by atoms with Gasteiger partial charge >= 0.3 is 5.97 Å². The van der Waals surface area contributed by atoms with Crippen molar-refractivity contribution < 1.29 is 9.90 Å². The number of H-pyrrole nitrogens is 1. The van der Waals surface area contributed by atoms with Gasteiger partial charge in [0.05, 0.1) is 12.1 Å². The second kappa shape index (κ2) is 4.41. The van der Waals surface area contributed by atoms with Gasteiger partial charge in [0.1, 0.15) is 5.82 Å². The molecule has 0 bridgehead atoms. The minimum atomic E-state index is -0.866. The number of imidazole rings is 1. The highest BCUT2D eigenvalue weighted by Crippen LogP contribution is 2.18. The third kappa shape index (κ3) is 2.53. The quantitative estimate of drug-likeness (QED) is 0.850. The Kier molecular flexibility index (Phi) is 2.95. The molecule has 4 heteroatoms. The maximum Gasteiger partial charge on any atom is 0.309 e. The first-order valence-electron chi connectivity index (χ1n) is 5.40. The lowest BCUT2D eigenvalue weighted by Gasteiger charge is -1.96. The van der Waals surface area contributed by atoms with Crippen molar-refractivity contribution in [2.75, 3.05) is 0 Å². The summed E-state index contributed by atoms with van der Waals surface area (Å²) in [6.07, 6.45) is -0.0474. The summed E-state index contributed by atoms with van der Waals surface area (Å²) in [6, 6.07) is 7.95. The van der Waals surface area contributed by atoms with E-state index in [-0.39, 0.29) is 6.42 Å². The monoisotopic (exact) mass is 230 g/mol. The third-order valence-electron chi connectivity index (χ3n) is 2.63. The SMILES string of the molecule is Cc1ccc(-c2nc(CC(=O)O)c(C)[nH]2)cc1. The lowest BCUT2D eigenvalue weighted by Crippen LogP contribution is -2.01. The predicted molar refractivity (Wildman–Crippen MR) is 64.8 cm³/mol. The molecule has 0 unspecified atom stereocenters. The van der Waals surface area contributed by atoms with Crippen LogP contribution >= 0.6 is 0 Å². The van der Waals surface area contributed by atoms with Gasteiger partial charge in [0.2, 0.25) is 0 Å². The summed E-state index contributed by atoms with van der Waals surface area (Å²) in [6.45, 7) is 3.86. The van der Waals surface area contributed by atoms with E-state index in [9.17, 15) is 4.79 Å². The number of benzene rings is 1. The summed E-state index contributed by atoms with van der Waals surface area (Å²) in [5, 5.41) is 8.75. The fraction of sp³-hybridized carbons (Fsp3) is 0.231. The molecule has 0 amide bonds. The van der Waals surface area contributed by atoms with Crippen molar-refractivity contribution in [3.8, 4) is 11.4 Å². The van der Waals surface area contributed by atoms with Crippen LogP contribution in [-0.4, -0.2) is 21.0 Å². The summed E-state index contributed by atoms with van der Waals surface area (Å²) in [5.74, 6) is -0.145. The summed E-state index contributed by atoms with van der Waals surface area (Å²) < 4.78 is 0. The molecule has 2 N–H and O–H groups in total. The lowest BCUT2D eigenvalue weighted by atomic mass is 10.1. The van der Waals surface area contributed by atoms with E-state index in [0.717, 1.165) is 17.1 Å². The molecule has 17 heavy (non-hydrogen) atoms. The highest BCUT2D eigenvalue weighted by atomic mass is 16.4. The van der Waals surface area contributed by atoms with E-state index in [1.54, 1.807) is 0 Å². The lowest BCUT2D eigenvalue weighted by molar-refractivity contribution is -0.136. The number of carboxylic acid groups (broad SMARTS) is 1. The largest absolute Gasteiger partial charge is 0.481 e. The van der Waals surface area contributed by atoms with Crippen LogP contribution in [0.4, 0.5) is 0 Å². The third-order valence-corrected chi connectivity index (χ3v) is 2.63. The second-order valence-corrected chi connectivity index (χ2v) is 4.09.